The molecular weight excluding hydrogens is 364 g/mol. The van der Waals surface area contributed by atoms with Crippen LogP contribution in [0.25, 0.3) is 0 Å². The summed E-state index contributed by atoms with van der Waals surface area (Å²) in [6, 6.07) is 17.1. The van der Waals surface area contributed by atoms with Gasteiger partial charge in [-0.05, 0) is 43.7 Å². The van der Waals surface area contributed by atoms with Gasteiger partial charge in [-0.1, -0.05) is 30.3 Å². The molecule has 3 rings (SSSR count). The summed E-state index contributed by atoms with van der Waals surface area (Å²) in [6.45, 7) is 7.29. The molecule has 154 valence electrons. The molecule has 2 aromatic rings. The maximum atomic E-state index is 12.8. The van der Waals surface area contributed by atoms with E-state index in [1.807, 2.05) is 56.4 Å². The van der Waals surface area contributed by atoms with Gasteiger partial charge in [0.25, 0.3) is 5.91 Å². The largest absolute Gasteiger partial charge is 0.338 e. The van der Waals surface area contributed by atoms with Gasteiger partial charge in [0.2, 0.25) is 5.91 Å². The number of piperazine rings is 1. The van der Waals surface area contributed by atoms with Gasteiger partial charge < -0.3 is 15.5 Å². The molecule has 1 aliphatic rings. The van der Waals surface area contributed by atoms with Crippen LogP contribution in [0.1, 0.15) is 35.8 Å². The monoisotopic (exact) mass is 394 g/mol. The highest BCUT2D eigenvalue weighted by Crippen LogP contribution is 2.23. The van der Waals surface area contributed by atoms with Gasteiger partial charge in [0, 0.05) is 44.0 Å². The van der Waals surface area contributed by atoms with E-state index in [2.05, 4.69) is 22.5 Å². The zero-order valence-corrected chi connectivity index (χ0v) is 17.4. The topological polar surface area (TPSA) is 64.7 Å². The molecule has 1 heterocycles. The van der Waals surface area contributed by atoms with Gasteiger partial charge in [-0.15, -0.1) is 0 Å². The van der Waals surface area contributed by atoms with Crippen molar-refractivity contribution in [3.8, 4) is 0 Å². The number of anilines is 1. The maximum absolute atomic E-state index is 12.8. The Morgan fingerprint density at radius 1 is 1.21 bits per heavy atom. The molecule has 1 saturated heterocycles. The van der Waals surface area contributed by atoms with E-state index in [1.165, 1.54) is 0 Å². The fourth-order valence-corrected chi connectivity index (χ4v) is 3.51. The number of hydrogen-bond donors (Lipinski definition) is 2. The smallest absolute Gasteiger partial charge is 0.255 e. The first-order valence-corrected chi connectivity index (χ1v) is 10.1. The number of likely N-dealkylation sites (N-methyl/N-ethyl adjacent to an activating group) is 1. The number of nitrogens with zero attached hydrogens (tertiary/aromatic N) is 2. The summed E-state index contributed by atoms with van der Waals surface area (Å²) in [4.78, 5) is 29.2. The Labute approximate surface area is 172 Å². The quantitative estimate of drug-likeness (QED) is 0.791. The molecule has 0 aliphatic carbocycles. The van der Waals surface area contributed by atoms with E-state index in [0.29, 0.717) is 18.2 Å². The van der Waals surface area contributed by atoms with Crippen LogP contribution in [0, 0.1) is 0 Å². The molecule has 1 aliphatic heterocycles. The normalized spacial score (nSPS) is 18.1. The SMILES string of the molecule is CC(c1cccc(NC(=O)c2ccccc2)c1)N(C)C(=O)CN1CCNC[C@H]1C. The fraction of sp³-hybridized carbons (Fsp3) is 0.391. The zero-order chi connectivity index (χ0) is 20.8. The Morgan fingerprint density at radius 2 is 1.97 bits per heavy atom. The van der Waals surface area contributed by atoms with Crippen molar-refractivity contribution in [3.63, 3.8) is 0 Å². The molecule has 0 aromatic heterocycles. The lowest BCUT2D eigenvalue weighted by atomic mass is 10.1. The molecule has 2 N–H and O–H groups in total. The molecular formula is C23H30N4O2. The predicted octanol–water partition coefficient (Wildman–Crippen LogP) is 2.75. The molecule has 2 amide bonds. The molecule has 1 fully saturated rings. The lowest BCUT2D eigenvalue weighted by molar-refractivity contribution is -0.133. The lowest BCUT2D eigenvalue weighted by Crippen LogP contribution is -2.53. The lowest BCUT2D eigenvalue weighted by Gasteiger charge is -2.35. The summed E-state index contributed by atoms with van der Waals surface area (Å²) in [5.74, 6) is -0.0440. The van der Waals surface area contributed by atoms with Crippen LogP contribution >= 0.6 is 0 Å². The number of hydrogen-bond acceptors (Lipinski definition) is 4. The Bertz CT molecular complexity index is 840. The van der Waals surface area contributed by atoms with E-state index in [-0.39, 0.29) is 17.9 Å². The minimum Gasteiger partial charge on any atom is -0.338 e. The van der Waals surface area contributed by atoms with E-state index in [4.69, 9.17) is 0 Å². The zero-order valence-electron chi connectivity index (χ0n) is 17.4. The molecule has 29 heavy (non-hydrogen) atoms. The van der Waals surface area contributed by atoms with E-state index in [9.17, 15) is 9.59 Å². The van der Waals surface area contributed by atoms with Gasteiger partial charge in [-0.3, -0.25) is 14.5 Å². The van der Waals surface area contributed by atoms with Gasteiger partial charge in [-0.2, -0.15) is 0 Å². The van der Waals surface area contributed by atoms with Crippen molar-refractivity contribution in [3.05, 3.63) is 65.7 Å². The van der Waals surface area contributed by atoms with Crippen molar-refractivity contribution >= 4 is 17.5 Å². The van der Waals surface area contributed by atoms with Crippen molar-refractivity contribution in [2.75, 3.05) is 38.5 Å². The summed E-state index contributed by atoms with van der Waals surface area (Å²) in [6.07, 6.45) is 0. The molecule has 0 bridgehead atoms. The third kappa shape index (κ3) is 5.43. The molecule has 2 aromatic carbocycles. The highest BCUT2D eigenvalue weighted by molar-refractivity contribution is 6.04. The summed E-state index contributed by atoms with van der Waals surface area (Å²) in [7, 11) is 1.84. The van der Waals surface area contributed by atoms with Crippen molar-refractivity contribution in [2.45, 2.75) is 25.9 Å². The molecule has 0 spiro atoms. The van der Waals surface area contributed by atoms with E-state index in [1.54, 1.807) is 17.0 Å². The summed E-state index contributed by atoms with van der Waals surface area (Å²) >= 11 is 0. The average molecular weight is 395 g/mol. The van der Waals surface area contributed by atoms with Crippen LogP contribution in [0.4, 0.5) is 5.69 Å². The van der Waals surface area contributed by atoms with Crippen LogP contribution in [0.2, 0.25) is 0 Å². The van der Waals surface area contributed by atoms with Gasteiger partial charge in [0.1, 0.15) is 0 Å². The Balaban J connectivity index is 1.64. The highest BCUT2D eigenvalue weighted by Gasteiger charge is 2.24. The van der Waals surface area contributed by atoms with Crippen molar-refractivity contribution in [2.24, 2.45) is 0 Å². The van der Waals surface area contributed by atoms with Gasteiger partial charge in [-0.25, -0.2) is 0 Å². The van der Waals surface area contributed by atoms with Crippen LogP contribution in [0.5, 0.6) is 0 Å². The number of benzene rings is 2. The van der Waals surface area contributed by atoms with Crippen LogP contribution in [-0.2, 0) is 4.79 Å². The summed E-state index contributed by atoms with van der Waals surface area (Å²) in [5.41, 5.74) is 2.32. The fourth-order valence-electron chi connectivity index (χ4n) is 3.51. The van der Waals surface area contributed by atoms with Gasteiger partial charge in [0.05, 0.1) is 12.6 Å². The van der Waals surface area contributed by atoms with E-state index >= 15 is 0 Å². The molecule has 2 atom stereocenters. The van der Waals surface area contributed by atoms with Gasteiger partial charge in [0.15, 0.2) is 0 Å². The van der Waals surface area contributed by atoms with Crippen molar-refractivity contribution in [1.29, 1.82) is 0 Å². The third-order valence-electron chi connectivity index (χ3n) is 5.61. The molecule has 6 nitrogen and oxygen atoms in total. The van der Waals surface area contributed by atoms with Crippen LogP contribution in [0.3, 0.4) is 0 Å². The standard InChI is InChI=1S/C23H30N4O2/c1-17-15-24-12-13-27(17)16-22(28)26(3)18(2)20-10-7-11-21(14-20)25-23(29)19-8-5-4-6-9-19/h4-11,14,17-18,24H,12-13,15-16H2,1-3H3,(H,25,29)/t17-,18?/m1/s1. The van der Waals surface area contributed by atoms with Crippen molar-refractivity contribution < 1.29 is 9.59 Å². The van der Waals surface area contributed by atoms with Crippen LogP contribution in [0.15, 0.2) is 54.6 Å². The average Bonchev–Trinajstić information content (AvgIpc) is 2.75. The summed E-state index contributed by atoms with van der Waals surface area (Å²) < 4.78 is 0. The third-order valence-corrected chi connectivity index (χ3v) is 5.61. The maximum Gasteiger partial charge on any atom is 0.255 e. The number of carbonyl (C=O) groups excluding carboxylic acids is 2. The number of nitrogens with one attached hydrogen (secondary N) is 2. The minimum absolute atomic E-state index is 0.0886. The predicted molar refractivity (Wildman–Crippen MR) is 116 cm³/mol. The first-order chi connectivity index (χ1) is 14.0. The number of rotatable bonds is 6. The Hall–Kier alpha value is -2.70. The number of amides is 2. The summed E-state index contributed by atoms with van der Waals surface area (Å²) in [5, 5.41) is 6.28. The minimum atomic E-state index is -0.146. The second kappa shape index (κ2) is 9.67. The first kappa shape index (κ1) is 21.0. The second-order valence-electron chi connectivity index (χ2n) is 7.65. The highest BCUT2D eigenvalue weighted by atomic mass is 16.2. The Kier molecular flexibility index (Phi) is 7.01. The molecule has 0 radical (unpaired) electrons. The first-order valence-electron chi connectivity index (χ1n) is 10.1. The van der Waals surface area contributed by atoms with Crippen LogP contribution in [-0.4, -0.2) is 60.9 Å². The van der Waals surface area contributed by atoms with Crippen LogP contribution < -0.4 is 10.6 Å². The molecule has 0 saturated carbocycles. The van der Waals surface area contributed by atoms with Gasteiger partial charge >= 0.3 is 0 Å². The number of carbonyl (C=O) groups is 2. The van der Waals surface area contributed by atoms with E-state index < -0.39 is 0 Å². The van der Waals surface area contributed by atoms with Crippen molar-refractivity contribution in [1.82, 2.24) is 15.1 Å². The molecule has 6 heteroatoms. The second-order valence-corrected chi connectivity index (χ2v) is 7.65. The Morgan fingerprint density at radius 3 is 2.69 bits per heavy atom. The van der Waals surface area contributed by atoms with E-state index in [0.717, 1.165) is 30.9 Å². The molecule has 1 unspecified atom stereocenters.